The predicted molar refractivity (Wildman–Crippen MR) is 73.8 cm³/mol. The minimum absolute atomic E-state index is 0.0595. The van der Waals surface area contributed by atoms with Crippen molar-refractivity contribution < 1.29 is 5.11 Å². The Morgan fingerprint density at radius 3 is 2.33 bits per heavy atom. The number of rotatable bonds is 3. The lowest BCUT2D eigenvalue weighted by atomic mass is 9.93. The highest BCUT2D eigenvalue weighted by molar-refractivity contribution is 5.34. The summed E-state index contributed by atoms with van der Waals surface area (Å²) < 4.78 is 0. The number of hydrogen-bond donors (Lipinski definition) is 1. The largest absolute Gasteiger partial charge is 0.393 e. The monoisotopic (exact) mass is 245 g/mol. The maximum atomic E-state index is 9.56. The van der Waals surface area contributed by atoms with Crippen molar-refractivity contribution in [3.05, 3.63) is 35.4 Å². The van der Waals surface area contributed by atoms with E-state index in [1.807, 2.05) is 0 Å². The zero-order valence-corrected chi connectivity index (χ0v) is 11.2. The molecule has 1 N–H and O–H groups in total. The van der Waals surface area contributed by atoms with Gasteiger partial charge >= 0.3 is 0 Å². The average Bonchev–Trinajstić information content (AvgIpc) is 3.14. The van der Waals surface area contributed by atoms with Crippen LogP contribution in [-0.4, -0.2) is 35.7 Å². The lowest BCUT2D eigenvalue weighted by Crippen LogP contribution is -2.40. The molecule has 98 valence electrons. The van der Waals surface area contributed by atoms with Crippen LogP contribution in [0.15, 0.2) is 24.3 Å². The number of hydrogen-bond acceptors (Lipinski definition) is 2. The molecule has 1 aliphatic heterocycles. The van der Waals surface area contributed by atoms with E-state index in [9.17, 15) is 5.11 Å². The second-order valence-corrected chi connectivity index (χ2v) is 6.15. The van der Waals surface area contributed by atoms with Gasteiger partial charge in [-0.2, -0.15) is 0 Å². The summed E-state index contributed by atoms with van der Waals surface area (Å²) in [7, 11) is 0. The summed E-state index contributed by atoms with van der Waals surface area (Å²) in [6.07, 6.45) is 4.49. The zero-order chi connectivity index (χ0) is 12.6. The third-order valence-electron chi connectivity index (χ3n) is 4.60. The van der Waals surface area contributed by atoms with Crippen molar-refractivity contribution in [2.24, 2.45) is 0 Å². The van der Waals surface area contributed by atoms with Crippen molar-refractivity contribution in [2.45, 2.75) is 44.1 Å². The molecule has 2 fully saturated rings. The molecule has 0 aromatic heterocycles. The van der Waals surface area contributed by atoms with Crippen molar-refractivity contribution in [3.63, 3.8) is 0 Å². The zero-order valence-electron chi connectivity index (χ0n) is 11.2. The molecule has 0 radical (unpaired) electrons. The number of aliphatic hydroxyl groups excluding tert-OH is 1. The molecule has 0 amide bonds. The van der Waals surface area contributed by atoms with Crippen LogP contribution < -0.4 is 0 Å². The predicted octanol–water partition coefficient (Wildman–Crippen LogP) is 2.48. The molecule has 1 aromatic rings. The van der Waals surface area contributed by atoms with Crippen LogP contribution in [0, 0.1) is 6.92 Å². The van der Waals surface area contributed by atoms with Gasteiger partial charge in [0.2, 0.25) is 0 Å². The van der Waals surface area contributed by atoms with Gasteiger partial charge in [0.05, 0.1) is 6.10 Å². The normalized spacial score (nSPS) is 24.1. The van der Waals surface area contributed by atoms with Gasteiger partial charge in [0.25, 0.3) is 0 Å². The Balaban J connectivity index is 1.66. The molecule has 1 heterocycles. The molecule has 0 unspecified atom stereocenters. The summed E-state index contributed by atoms with van der Waals surface area (Å²) in [5, 5.41) is 9.56. The van der Waals surface area contributed by atoms with Gasteiger partial charge in [-0.1, -0.05) is 29.8 Å². The van der Waals surface area contributed by atoms with E-state index >= 15 is 0 Å². The van der Waals surface area contributed by atoms with Crippen LogP contribution >= 0.6 is 0 Å². The van der Waals surface area contributed by atoms with Crippen molar-refractivity contribution in [1.29, 1.82) is 0 Å². The molecule has 0 spiro atoms. The van der Waals surface area contributed by atoms with Gasteiger partial charge < -0.3 is 10.0 Å². The Morgan fingerprint density at radius 1 is 1.17 bits per heavy atom. The summed E-state index contributed by atoms with van der Waals surface area (Å²) in [6, 6.07) is 9.08. The summed E-state index contributed by atoms with van der Waals surface area (Å²) in [4.78, 5) is 2.54. The molecule has 2 heteroatoms. The molecule has 1 aromatic carbocycles. The van der Waals surface area contributed by atoms with Crippen LogP contribution in [0.2, 0.25) is 0 Å². The standard InChI is InChI=1S/C16H23NO/c1-13-2-4-14(5-3-13)16(8-9-16)12-17-10-6-15(18)7-11-17/h2-5,15,18H,6-12H2,1H3. The topological polar surface area (TPSA) is 23.5 Å². The van der Waals surface area contributed by atoms with E-state index in [1.165, 1.54) is 30.5 Å². The molecule has 2 aliphatic rings. The molecular formula is C16H23NO. The second kappa shape index (κ2) is 4.67. The minimum Gasteiger partial charge on any atom is -0.393 e. The first kappa shape index (κ1) is 12.2. The highest BCUT2D eigenvalue weighted by Gasteiger charge is 2.45. The van der Waals surface area contributed by atoms with Gasteiger partial charge in [0, 0.05) is 25.0 Å². The fraction of sp³-hybridized carbons (Fsp3) is 0.625. The van der Waals surface area contributed by atoms with Gasteiger partial charge in [-0.25, -0.2) is 0 Å². The maximum Gasteiger partial charge on any atom is 0.0564 e. The van der Waals surface area contributed by atoms with Crippen LogP contribution in [0.5, 0.6) is 0 Å². The number of aryl methyl sites for hydroxylation is 1. The number of aliphatic hydroxyl groups is 1. The number of benzene rings is 1. The molecule has 0 bridgehead atoms. The first-order chi connectivity index (χ1) is 8.68. The third kappa shape index (κ3) is 2.45. The molecular weight excluding hydrogens is 222 g/mol. The van der Waals surface area contributed by atoms with Crippen LogP contribution in [0.4, 0.5) is 0 Å². The van der Waals surface area contributed by atoms with E-state index in [1.54, 1.807) is 0 Å². The molecule has 3 rings (SSSR count). The summed E-state index contributed by atoms with van der Waals surface area (Å²) >= 11 is 0. The van der Waals surface area contributed by atoms with Gasteiger partial charge in [0.1, 0.15) is 0 Å². The van der Waals surface area contributed by atoms with E-state index < -0.39 is 0 Å². The number of piperidine rings is 1. The first-order valence-corrected chi connectivity index (χ1v) is 7.16. The third-order valence-corrected chi connectivity index (χ3v) is 4.60. The van der Waals surface area contributed by atoms with Crippen LogP contribution in [0.25, 0.3) is 0 Å². The van der Waals surface area contributed by atoms with E-state index in [2.05, 4.69) is 36.1 Å². The number of likely N-dealkylation sites (tertiary alicyclic amines) is 1. The van der Waals surface area contributed by atoms with E-state index in [0.29, 0.717) is 5.41 Å². The second-order valence-electron chi connectivity index (χ2n) is 6.15. The lowest BCUT2D eigenvalue weighted by molar-refractivity contribution is 0.0780. The first-order valence-electron chi connectivity index (χ1n) is 7.16. The Kier molecular flexibility index (Phi) is 3.16. The highest BCUT2D eigenvalue weighted by Crippen LogP contribution is 2.49. The Labute approximate surface area is 110 Å². The van der Waals surface area contributed by atoms with Gasteiger partial charge in [0.15, 0.2) is 0 Å². The minimum atomic E-state index is -0.0595. The van der Waals surface area contributed by atoms with Gasteiger partial charge in [-0.15, -0.1) is 0 Å². The van der Waals surface area contributed by atoms with Crippen molar-refractivity contribution in [3.8, 4) is 0 Å². The van der Waals surface area contributed by atoms with Gasteiger partial charge in [-0.05, 0) is 38.2 Å². The lowest BCUT2D eigenvalue weighted by Gasteiger charge is -2.32. The van der Waals surface area contributed by atoms with E-state index in [-0.39, 0.29) is 6.10 Å². The van der Waals surface area contributed by atoms with Crippen LogP contribution in [0.1, 0.15) is 36.8 Å². The fourth-order valence-electron chi connectivity index (χ4n) is 3.10. The van der Waals surface area contributed by atoms with Gasteiger partial charge in [-0.3, -0.25) is 0 Å². The molecule has 1 aliphatic carbocycles. The SMILES string of the molecule is Cc1ccc(C2(CN3CCC(O)CC3)CC2)cc1. The summed E-state index contributed by atoms with van der Waals surface area (Å²) in [5.41, 5.74) is 3.28. The average molecular weight is 245 g/mol. The van der Waals surface area contributed by atoms with Crippen molar-refractivity contribution in [2.75, 3.05) is 19.6 Å². The molecule has 1 saturated heterocycles. The van der Waals surface area contributed by atoms with Crippen molar-refractivity contribution >= 4 is 0 Å². The van der Waals surface area contributed by atoms with Crippen molar-refractivity contribution in [1.82, 2.24) is 4.90 Å². The fourth-order valence-corrected chi connectivity index (χ4v) is 3.10. The molecule has 18 heavy (non-hydrogen) atoms. The summed E-state index contributed by atoms with van der Waals surface area (Å²) in [5.74, 6) is 0. The quantitative estimate of drug-likeness (QED) is 0.884. The Morgan fingerprint density at radius 2 is 1.78 bits per heavy atom. The summed E-state index contributed by atoms with van der Waals surface area (Å²) in [6.45, 7) is 5.46. The highest BCUT2D eigenvalue weighted by atomic mass is 16.3. The Bertz CT molecular complexity index is 400. The maximum absolute atomic E-state index is 9.56. The Hall–Kier alpha value is -0.860. The van der Waals surface area contributed by atoms with E-state index in [0.717, 1.165) is 25.9 Å². The van der Waals surface area contributed by atoms with E-state index in [4.69, 9.17) is 0 Å². The number of nitrogens with zero attached hydrogens (tertiary/aromatic N) is 1. The molecule has 0 atom stereocenters. The smallest absolute Gasteiger partial charge is 0.0564 e. The van der Waals surface area contributed by atoms with Crippen LogP contribution in [0.3, 0.4) is 0 Å². The van der Waals surface area contributed by atoms with Crippen LogP contribution in [-0.2, 0) is 5.41 Å². The molecule has 2 nitrogen and oxygen atoms in total. The molecule has 1 saturated carbocycles.